The number of hydrogen-bond acceptors (Lipinski definition) is 5. The summed E-state index contributed by atoms with van der Waals surface area (Å²) in [4.78, 5) is 12.2. The van der Waals surface area contributed by atoms with Crippen LogP contribution >= 0.6 is 11.3 Å². The monoisotopic (exact) mass is 425 g/mol. The number of thiophene rings is 1. The zero-order chi connectivity index (χ0) is 20.4. The SMILES string of the molecule is COC(=O)CCc1ccc2c(ccn2S(=O)(=O)c2ccc(-c3ccccc3)s2)c1. The van der Waals surface area contributed by atoms with Gasteiger partial charge in [0.1, 0.15) is 4.21 Å². The molecule has 2 heterocycles. The number of carbonyl (C=O) groups excluding carboxylic acids is 1. The largest absolute Gasteiger partial charge is 0.469 e. The van der Waals surface area contributed by atoms with E-state index in [0.29, 0.717) is 22.6 Å². The fraction of sp³-hybridized carbons (Fsp3) is 0.136. The molecule has 2 aromatic heterocycles. The normalized spacial score (nSPS) is 11.6. The zero-order valence-corrected chi connectivity index (χ0v) is 17.4. The van der Waals surface area contributed by atoms with Crippen molar-refractivity contribution < 1.29 is 17.9 Å². The summed E-state index contributed by atoms with van der Waals surface area (Å²) in [5.74, 6) is -0.267. The van der Waals surface area contributed by atoms with Crippen LogP contribution in [-0.2, 0) is 26.0 Å². The lowest BCUT2D eigenvalue weighted by molar-refractivity contribution is -0.140. The molecule has 0 N–H and O–H groups in total. The Bertz CT molecular complexity index is 1270. The molecular formula is C22H19NO4S2. The third kappa shape index (κ3) is 3.83. The van der Waals surface area contributed by atoms with E-state index in [4.69, 9.17) is 0 Å². The van der Waals surface area contributed by atoms with E-state index >= 15 is 0 Å². The van der Waals surface area contributed by atoms with E-state index in [1.807, 2.05) is 48.5 Å². The Balaban J connectivity index is 1.65. The van der Waals surface area contributed by atoms with Crippen molar-refractivity contribution in [3.63, 3.8) is 0 Å². The van der Waals surface area contributed by atoms with E-state index in [9.17, 15) is 13.2 Å². The summed E-state index contributed by atoms with van der Waals surface area (Å²) in [6, 6.07) is 20.5. The molecule has 0 amide bonds. The van der Waals surface area contributed by atoms with Crippen molar-refractivity contribution in [3.05, 3.63) is 78.5 Å². The van der Waals surface area contributed by atoms with Crippen LogP contribution in [0.5, 0.6) is 0 Å². The van der Waals surface area contributed by atoms with Gasteiger partial charge in [0.2, 0.25) is 0 Å². The van der Waals surface area contributed by atoms with E-state index in [0.717, 1.165) is 21.4 Å². The molecule has 0 unspecified atom stereocenters. The summed E-state index contributed by atoms with van der Waals surface area (Å²) in [5.41, 5.74) is 2.56. The highest BCUT2D eigenvalue weighted by atomic mass is 32.2. The second-order valence-corrected chi connectivity index (χ2v) is 9.70. The predicted molar refractivity (Wildman–Crippen MR) is 115 cm³/mol. The van der Waals surface area contributed by atoms with E-state index in [2.05, 4.69) is 4.74 Å². The Morgan fingerprint density at radius 2 is 1.83 bits per heavy atom. The van der Waals surface area contributed by atoms with Crippen molar-refractivity contribution in [2.75, 3.05) is 7.11 Å². The number of esters is 1. The van der Waals surface area contributed by atoms with Crippen LogP contribution in [0.1, 0.15) is 12.0 Å². The average molecular weight is 426 g/mol. The average Bonchev–Trinajstić information content (AvgIpc) is 3.40. The molecule has 4 aromatic rings. The molecule has 0 fully saturated rings. The van der Waals surface area contributed by atoms with Gasteiger partial charge < -0.3 is 4.74 Å². The standard InChI is InChI=1S/C22H19NO4S2/c1-27-21(24)11-8-16-7-9-19-18(15-16)13-14-23(19)29(25,26)22-12-10-20(28-22)17-5-3-2-4-6-17/h2-7,9-10,12-15H,8,11H2,1H3. The first-order chi connectivity index (χ1) is 14.0. The number of carbonyl (C=O) groups is 1. The summed E-state index contributed by atoms with van der Waals surface area (Å²) in [7, 11) is -2.33. The van der Waals surface area contributed by atoms with Gasteiger partial charge in [0.15, 0.2) is 0 Å². The maximum atomic E-state index is 13.2. The molecule has 0 saturated heterocycles. The fourth-order valence-corrected chi connectivity index (χ4v) is 5.95. The second kappa shape index (κ2) is 7.85. The molecule has 4 rings (SSSR count). The van der Waals surface area contributed by atoms with Gasteiger partial charge in [0, 0.05) is 22.9 Å². The highest BCUT2D eigenvalue weighted by molar-refractivity contribution is 7.92. The number of ether oxygens (including phenoxy) is 1. The van der Waals surface area contributed by atoms with Crippen LogP contribution in [0.3, 0.4) is 0 Å². The van der Waals surface area contributed by atoms with Gasteiger partial charge in [-0.25, -0.2) is 3.97 Å². The Morgan fingerprint density at radius 1 is 1.03 bits per heavy atom. The Hall–Kier alpha value is -2.90. The molecule has 148 valence electrons. The molecule has 0 aliphatic heterocycles. The van der Waals surface area contributed by atoms with Crippen LogP contribution in [-0.4, -0.2) is 25.5 Å². The molecule has 5 nitrogen and oxygen atoms in total. The van der Waals surface area contributed by atoms with Gasteiger partial charge in [-0.2, -0.15) is 8.42 Å². The van der Waals surface area contributed by atoms with Crippen molar-refractivity contribution in [3.8, 4) is 10.4 Å². The van der Waals surface area contributed by atoms with Crippen LogP contribution in [0.15, 0.2) is 77.1 Å². The minimum absolute atomic E-state index is 0.267. The number of aryl methyl sites for hydroxylation is 1. The van der Waals surface area contributed by atoms with Crippen LogP contribution in [0.25, 0.3) is 21.3 Å². The molecule has 7 heteroatoms. The van der Waals surface area contributed by atoms with Crippen LogP contribution in [0.2, 0.25) is 0 Å². The van der Waals surface area contributed by atoms with Gasteiger partial charge in [-0.3, -0.25) is 4.79 Å². The molecule has 29 heavy (non-hydrogen) atoms. The quantitative estimate of drug-likeness (QED) is 0.420. The van der Waals surface area contributed by atoms with Crippen LogP contribution in [0, 0.1) is 0 Å². The third-order valence-electron chi connectivity index (χ3n) is 4.72. The molecule has 0 saturated carbocycles. The van der Waals surface area contributed by atoms with Crippen molar-refractivity contribution in [2.45, 2.75) is 17.1 Å². The predicted octanol–water partition coefficient (Wildman–Crippen LogP) is 4.71. The summed E-state index contributed by atoms with van der Waals surface area (Å²) >= 11 is 1.26. The number of methoxy groups -OCH3 is 1. The van der Waals surface area contributed by atoms with E-state index in [-0.39, 0.29) is 5.97 Å². The van der Waals surface area contributed by atoms with Crippen LogP contribution in [0.4, 0.5) is 0 Å². The van der Waals surface area contributed by atoms with Gasteiger partial charge in [0.05, 0.1) is 12.6 Å². The smallest absolute Gasteiger partial charge is 0.305 e. The number of aromatic nitrogens is 1. The van der Waals surface area contributed by atoms with Crippen molar-refractivity contribution in [1.82, 2.24) is 3.97 Å². The minimum atomic E-state index is -3.69. The number of benzene rings is 2. The molecule has 0 aliphatic rings. The van der Waals surface area contributed by atoms with Crippen molar-refractivity contribution in [1.29, 1.82) is 0 Å². The fourth-order valence-electron chi connectivity index (χ4n) is 3.19. The summed E-state index contributed by atoms with van der Waals surface area (Å²) in [6.07, 6.45) is 2.41. The molecule has 0 aliphatic carbocycles. The number of fused-ring (bicyclic) bond motifs is 1. The van der Waals surface area contributed by atoms with E-state index in [1.54, 1.807) is 24.4 Å². The summed E-state index contributed by atoms with van der Waals surface area (Å²) in [6.45, 7) is 0. The molecule has 0 atom stereocenters. The molecule has 0 bridgehead atoms. The molecule has 2 aromatic carbocycles. The first kappa shape index (κ1) is 19.4. The number of rotatable bonds is 6. The first-order valence-corrected chi connectivity index (χ1v) is 11.3. The van der Waals surface area contributed by atoms with Crippen molar-refractivity contribution in [2.24, 2.45) is 0 Å². The maximum Gasteiger partial charge on any atom is 0.305 e. The molecule has 0 spiro atoms. The lowest BCUT2D eigenvalue weighted by atomic mass is 10.1. The first-order valence-electron chi connectivity index (χ1n) is 9.07. The topological polar surface area (TPSA) is 65.4 Å². The lowest BCUT2D eigenvalue weighted by Crippen LogP contribution is -2.10. The van der Waals surface area contributed by atoms with Crippen LogP contribution < -0.4 is 0 Å². The summed E-state index contributed by atoms with van der Waals surface area (Å²) < 4.78 is 32.7. The van der Waals surface area contributed by atoms with Gasteiger partial charge >= 0.3 is 5.97 Å². The Labute approximate surface area is 173 Å². The zero-order valence-electron chi connectivity index (χ0n) is 15.7. The second-order valence-electron chi connectivity index (χ2n) is 6.57. The highest BCUT2D eigenvalue weighted by Gasteiger charge is 2.21. The van der Waals surface area contributed by atoms with E-state index in [1.165, 1.54) is 22.4 Å². The van der Waals surface area contributed by atoms with Gasteiger partial charge in [-0.15, -0.1) is 11.3 Å². The maximum absolute atomic E-state index is 13.2. The third-order valence-corrected chi connectivity index (χ3v) is 8.01. The van der Waals surface area contributed by atoms with E-state index < -0.39 is 10.0 Å². The number of hydrogen-bond donors (Lipinski definition) is 0. The minimum Gasteiger partial charge on any atom is -0.469 e. The highest BCUT2D eigenvalue weighted by Crippen LogP contribution is 2.33. The Morgan fingerprint density at radius 3 is 2.59 bits per heavy atom. The lowest BCUT2D eigenvalue weighted by Gasteiger charge is -2.06. The van der Waals surface area contributed by atoms with Gasteiger partial charge in [-0.1, -0.05) is 36.4 Å². The molecule has 0 radical (unpaired) electrons. The van der Waals surface area contributed by atoms with Crippen molar-refractivity contribution >= 4 is 38.2 Å². The molecular weight excluding hydrogens is 406 g/mol. The number of nitrogens with zero attached hydrogens (tertiary/aromatic N) is 1. The van der Waals surface area contributed by atoms with Gasteiger partial charge in [0.25, 0.3) is 10.0 Å². The summed E-state index contributed by atoms with van der Waals surface area (Å²) in [5, 5.41) is 0.816. The Kier molecular flexibility index (Phi) is 5.25. The van der Waals surface area contributed by atoms with Gasteiger partial charge in [-0.05, 0) is 47.9 Å².